The van der Waals surface area contributed by atoms with Crippen molar-refractivity contribution in [1.82, 2.24) is 0 Å². The predicted molar refractivity (Wildman–Crippen MR) is 93.5 cm³/mol. The Hall–Kier alpha value is -0.670. The number of aryl methyl sites for hydroxylation is 1. The van der Waals surface area contributed by atoms with Crippen LogP contribution in [0.2, 0.25) is 0 Å². The molecule has 1 fully saturated rings. The number of ether oxygens (including phenoxy) is 1. The Morgan fingerprint density at radius 1 is 1.23 bits per heavy atom. The molecular weight excluding hydrogens is 292 g/mol. The molecule has 22 heavy (non-hydrogen) atoms. The molecule has 0 heterocycles. The number of benzene rings is 1. The summed E-state index contributed by atoms with van der Waals surface area (Å²) in [6.45, 7) is 9.55. The summed E-state index contributed by atoms with van der Waals surface area (Å²) in [7, 11) is -0.952. The maximum Gasteiger partial charge on any atom is 0.0608 e. The summed E-state index contributed by atoms with van der Waals surface area (Å²) in [5.41, 5.74) is 1.20. The minimum absolute atomic E-state index is 0.346. The van der Waals surface area contributed by atoms with Gasteiger partial charge in [-0.15, -0.1) is 0 Å². The maximum atomic E-state index is 12.3. The summed E-state index contributed by atoms with van der Waals surface area (Å²) in [6.07, 6.45) is 4.08. The van der Waals surface area contributed by atoms with Crippen molar-refractivity contribution in [2.45, 2.75) is 58.0 Å². The van der Waals surface area contributed by atoms with Crippen molar-refractivity contribution >= 4 is 10.8 Å². The van der Waals surface area contributed by atoms with E-state index in [1.54, 1.807) is 0 Å². The molecule has 0 saturated heterocycles. The summed E-state index contributed by atoms with van der Waals surface area (Å²) in [6, 6.07) is 7.97. The lowest BCUT2D eigenvalue weighted by atomic mass is 9.75. The van der Waals surface area contributed by atoms with E-state index in [9.17, 15) is 4.21 Å². The fourth-order valence-electron chi connectivity index (χ4n) is 3.39. The van der Waals surface area contributed by atoms with Crippen molar-refractivity contribution in [2.75, 3.05) is 12.4 Å². The van der Waals surface area contributed by atoms with E-state index in [2.05, 4.69) is 20.8 Å². The molecular formula is C19H30O2S. The molecule has 1 aromatic carbocycles. The Bertz CT molecular complexity index is 481. The van der Waals surface area contributed by atoms with Crippen LogP contribution in [0.1, 0.15) is 45.6 Å². The highest BCUT2D eigenvalue weighted by Crippen LogP contribution is 2.35. The molecule has 0 amide bonds. The highest BCUT2D eigenvalue weighted by molar-refractivity contribution is 7.85. The second-order valence-electron chi connectivity index (χ2n) is 7.10. The predicted octanol–water partition coefficient (Wildman–Crippen LogP) is 4.58. The largest absolute Gasteiger partial charge is 0.377 e. The molecule has 1 aliphatic carbocycles. The first-order chi connectivity index (χ1) is 10.5. The monoisotopic (exact) mass is 322 g/mol. The summed E-state index contributed by atoms with van der Waals surface area (Å²) in [4.78, 5) is 0.909. The fourth-order valence-corrected chi connectivity index (χ4v) is 4.31. The van der Waals surface area contributed by atoms with E-state index in [1.165, 1.54) is 18.4 Å². The second-order valence-corrected chi connectivity index (χ2v) is 8.67. The molecule has 1 saturated carbocycles. The van der Waals surface area contributed by atoms with E-state index in [-0.39, 0.29) is 0 Å². The van der Waals surface area contributed by atoms with Gasteiger partial charge in [-0.2, -0.15) is 0 Å². The lowest BCUT2D eigenvalue weighted by molar-refractivity contribution is -0.0318. The molecule has 4 atom stereocenters. The van der Waals surface area contributed by atoms with Crippen molar-refractivity contribution < 1.29 is 8.95 Å². The zero-order valence-corrected chi connectivity index (χ0v) is 15.2. The van der Waals surface area contributed by atoms with E-state index >= 15 is 0 Å². The molecule has 1 aromatic rings. The highest BCUT2D eigenvalue weighted by Gasteiger charge is 2.31. The molecule has 0 spiro atoms. The van der Waals surface area contributed by atoms with Crippen molar-refractivity contribution in [2.24, 2.45) is 17.8 Å². The van der Waals surface area contributed by atoms with Crippen LogP contribution in [0, 0.1) is 24.7 Å². The van der Waals surface area contributed by atoms with Gasteiger partial charge < -0.3 is 4.74 Å². The zero-order chi connectivity index (χ0) is 16.1. The van der Waals surface area contributed by atoms with Crippen LogP contribution in [-0.4, -0.2) is 22.7 Å². The van der Waals surface area contributed by atoms with Crippen LogP contribution in [-0.2, 0) is 15.5 Å². The van der Waals surface area contributed by atoms with Gasteiger partial charge in [0.2, 0.25) is 0 Å². The summed E-state index contributed by atoms with van der Waals surface area (Å²) in [5, 5.41) is 0. The van der Waals surface area contributed by atoms with Crippen LogP contribution in [0.5, 0.6) is 0 Å². The van der Waals surface area contributed by atoms with Gasteiger partial charge in [0.25, 0.3) is 0 Å². The van der Waals surface area contributed by atoms with Gasteiger partial charge in [0.1, 0.15) is 0 Å². The zero-order valence-electron chi connectivity index (χ0n) is 14.4. The molecule has 1 aliphatic rings. The van der Waals surface area contributed by atoms with Crippen LogP contribution in [0.3, 0.4) is 0 Å². The molecule has 0 unspecified atom stereocenters. The van der Waals surface area contributed by atoms with E-state index in [1.807, 2.05) is 31.2 Å². The standard InChI is InChI=1S/C19H30O2S/c1-14(2)18-10-7-16(4)13-19(18)21-11-12-22(20)17-8-5-15(3)6-9-17/h5-6,8-9,14,16,18-19H,7,10-13H2,1-4H3/t16-,18+,19-,22+/m1/s1. The molecule has 0 N–H and O–H groups in total. The normalized spacial score (nSPS) is 27.0. The first-order valence-electron chi connectivity index (χ1n) is 8.54. The Kier molecular flexibility index (Phi) is 6.64. The molecule has 0 bridgehead atoms. The Morgan fingerprint density at radius 2 is 1.91 bits per heavy atom. The van der Waals surface area contributed by atoms with Crippen LogP contribution >= 0.6 is 0 Å². The highest BCUT2D eigenvalue weighted by atomic mass is 32.2. The third-order valence-corrected chi connectivity index (χ3v) is 6.18. The van der Waals surface area contributed by atoms with E-state index in [4.69, 9.17) is 4.74 Å². The molecule has 3 heteroatoms. The van der Waals surface area contributed by atoms with Crippen molar-refractivity contribution in [3.63, 3.8) is 0 Å². The van der Waals surface area contributed by atoms with Crippen LogP contribution in [0.4, 0.5) is 0 Å². The molecule has 2 nitrogen and oxygen atoms in total. The van der Waals surface area contributed by atoms with Gasteiger partial charge in [-0.1, -0.05) is 44.9 Å². The third-order valence-electron chi connectivity index (χ3n) is 4.85. The van der Waals surface area contributed by atoms with Crippen LogP contribution in [0.25, 0.3) is 0 Å². The fraction of sp³-hybridized carbons (Fsp3) is 0.684. The van der Waals surface area contributed by atoms with Gasteiger partial charge in [0, 0.05) is 4.90 Å². The second kappa shape index (κ2) is 8.26. The minimum atomic E-state index is -0.952. The van der Waals surface area contributed by atoms with Crippen molar-refractivity contribution in [3.05, 3.63) is 29.8 Å². The topological polar surface area (TPSA) is 26.3 Å². The SMILES string of the molecule is Cc1ccc([S@@](=O)CCO[C@@H]2C[C@H](C)CC[C@H]2C(C)C)cc1. The summed E-state index contributed by atoms with van der Waals surface area (Å²) in [5.74, 6) is 2.67. The average Bonchev–Trinajstić information content (AvgIpc) is 2.47. The lowest BCUT2D eigenvalue weighted by Crippen LogP contribution is -2.35. The minimum Gasteiger partial charge on any atom is -0.377 e. The van der Waals surface area contributed by atoms with Gasteiger partial charge in [-0.3, -0.25) is 4.21 Å². The van der Waals surface area contributed by atoms with Gasteiger partial charge in [-0.05, 0) is 49.7 Å². The van der Waals surface area contributed by atoms with Gasteiger partial charge >= 0.3 is 0 Å². The van der Waals surface area contributed by atoms with Gasteiger partial charge in [0.15, 0.2) is 0 Å². The average molecular weight is 323 g/mol. The lowest BCUT2D eigenvalue weighted by Gasteiger charge is -2.37. The van der Waals surface area contributed by atoms with E-state index < -0.39 is 10.8 Å². The van der Waals surface area contributed by atoms with Gasteiger partial charge in [-0.25, -0.2) is 0 Å². The van der Waals surface area contributed by atoms with Crippen LogP contribution in [0.15, 0.2) is 29.2 Å². The van der Waals surface area contributed by atoms with Crippen molar-refractivity contribution in [1.29, 1.82) is 0 Å². The van der Waals surface area contributed by atoms with Gasteiger partial charge in [0.05, 0.1) is 29.3 Å². The van der Waals surface area contributed by atoms with Crippen LogP contribution < -0.4 is 0 Å². The quantitative estimate of drug-likeness (QED) is 0.766. The van der Waals surface area contributed by atoms with E-state index in [0.29, 0.717) is 30.3 Å². The molecule has 0 aromatic heterocycles. The Morgan fingerprint density at radius 3 is 2.55 bits per heavy atom. The first-order valence-corrected chi connectivity index (χ1v) is 9.86. The Labute approximate surface area is 138 Å². The number of hydrogen-bond donors (Lipinski definition) is 0. The molecule has 124 valence electrons. The Balaban J connectivity index is 1.83. The molecule has 0 radical (unpaired) electrons. The molecule has 0 aliphatic heterocycles. The smallest absolute Gasteiger partial charge is 0.0608 e. The number of hydrogen-bond acceptors (Lipinski definition) is 2. The summed E-state index contributed by atoms with van der Waals surface area (Å²) >= 11 is 0. The third kappa shape index (κ3) is 4.92. The summed E-state index contributed by atoms with van der Waals surface area (Å²) < 4.78 is 18.5. The van der Waals surface area contributed by atoms with E-state index in [0.717, 1.165) is 17.2 Å². The maximum absolute atomic E-state index is 12.3. The number of rotatable bonds is 6. The molecule has 2 rings (SSSR count). The first kappa shape index (κ1) is 17.7. The van der Waals surface area contributed by atoms with Crippen molar-refractivity contribution in [3.8, 4) is 0 Å².